The quantitative estimate of drug-likeness (QED) is 0.323. The molecule has 0 bridgehead atoms. The fourth-order valence-corrected chi connectivity index (χ4v) is 6.96. The zero-order valence-corrected chi connectivity index (χ0v) is 19.4. The summed E-state index contributed by atoms with van der Waals surface area (Å²) in [5.74, 6) is 0.137. The van der Waals surface area contributed by atoms with Gasteiger partial charge in [0.15, 0.2) is 5.16 Å². The van der Waals surface area contributed by atoms with Crippen molar-refractivity contribution in [1.29, 1.82) is 0 Å². The zero-order chi connectivity index (χ0) is 21.4. The van der Waals surface area contributed by atoms with Gasteiger partial charge in [-0.1, -0.05) is 36.4 Å². The molecule has 0 N–H and O–H groups in total. The number of fused-ring (bicyclic) bond motifs is 3. The maximum absolute atomic E-state index is 13.8. The van der Waals surface area contributed by atoms with Gasteiger partial charge in [-0.25, -0.2) is 4.98 Å². The van der Waals surface area contributed by atoms with Crippen LogP contribution in [0, 0.1) is 0 Å². The lowest BCUT2D eigenvalue weighted by Crippen LogP contribution is -2.34. The van der Waals surface area contributed by atoms with Crippen molar-refractivity contribution in [3.05, 3.63) is 51.1 Å². The van der Waals surface area contributed by atoms with Crippen LogP contribution in [0.15, 0.2) is 40.3 Å². The van der Waals surface area contributed by atoms with Gasteiger partial charge in [0.05, 0.1) is 16.3 Å². The van der Waals surface area contributed by atoms with Gasteiger partial charge in [-0.05, 0) is 63.1 Å². The second-order valence-corrected chi connectivity index (χ2v) is 10.8. The Morgan fingerprint density at radius 2 is 1.81 bits per heavy atom. The second-order valence-electron chi connectivity index (χ2n) is 8.41. The molecule has 31 heavy (non-hydrogen) atoms. The fraction of sp³-hybridized carbons (Fsp3) is 0.458. The van der Waals surface area contributed by atoms with Crippen LogP contribution in [-0.4, -0.2) is 38.7 Å². The van der Waals surface area contributed by atoms with E-state index in [9.17, 15) is 9.59 Å². The molecule has 162 valence electrons. The summed E-state index contributed by atoms with van der Waals surface area (Å²) in [6, 6.07) is 9.71. The molecule has 1 unspecified atom stereocenters. The Morgan fingerprint density at radius 3 is 2.58 bits per heavy atom. The van der Waals surface area contributed by atoms with Gasteiger partial charge in [-0.2, -0.15) is 0 Å². The number of aromatic nitrogens is 2. The smallest absolute Gasteiger partial charge is 0.267 e. The summed E-state index contributed by atoms with van der Waals surface area (Å²) in [6.07, 6.45) is 7.65. The molecule has 3 aromatic rings. The van der Waals surface area contributed by atoms with Crippen molar-refractivity contribution in [2.75, 3.05) is 13.1 Å². The Labute approximate surface area is 190 Å². The Morgan fingerprint density at radius 1 is 1.06 bits per heavy atom. The van der Waals surface area contributed by atoms with Gasteiger partial charge in [-0.3, -0.25) is 14.2 Å². The molecule has 0 radical (unpaired) electrons. The van der Waals surface area contributed by atoms with E-state index in [0.29, 0.717) is 5.16 Å². The van der Waals surface area contributed by atoms with E-state index in [-0.39, 0.29) is 16.7 Å². The van der Waals surface area contributed by atoms with E-state index in [4.69, 9.17) is 4.98 Å². The van der Waals surface area contributed by atoms with E-state index in [0.717, 1.165) is 61.1 Å². The highest BCUT2D eigenvalue weighted by Crippen LogP contribution is 2.35. The summed E-state index contributed by atoms with van der Waals surface area (Å²) in [6.45, 7) is 3.60. The maximum atomic E-state index is 13.8. The van der Waals surface area contributed by atoms with E-state index in [1.54, 1.807) is 15.9 Å². The number of para-hydroxylation sites is 1. The lowest BCUT2D eigenvalue weighted by atomic mass is 10.1. The summed E-state index contributed by atoms with van der Waals surface area (Å²) in [7, 11) is 0. The minimum absolute atomic E-state index is 0.000999. The minimum atomic E-state index is -0.282. The molecule has 1 fully saturated rings. The van der Waals surface area contributed by atoms with Gasteiger partial charge in [0, 0.05) is 18.0 Å². The molecule has 5 nitrogen and oxygen atoms in total. The van der Waals surface area contributed by atoms with Crippen LogP contribution in [0.4, 0.5) is 0 Å². The standard InChI is InChI=1S/C24H27N3O2S2/c1-16(22(28)26-14-8-9-15-26)30-24-25-21-20(18-12-6-3-7-13-19(18)31-21)23(29)27(24)17-10-4-2-5-11-17/h2,4-5,10-11,16H,3,6-9,12-15H2,1H3. The number of nitrogens with zero attached hydrogens (tertiary/aromatic N) is 3. The number of rotatable bonds is 4. The molecule has 7 heteroatoms. The minimum Gasteiger partial charge on any atom is -0.342 e. The molecule has 5 rings (SSSR count). The normalized spacial score (nSPS) is 17.5. The summed E-state index contributed by atoms with van der Waals surface area (Å²) in [5.41, 5.74) is 2.01. The third-order valence-corrected chi connectivity index (χ3v) is 8.50. The van der Waals surface area contributed by atoms with E-state index in [1.807, 2.05) is 42.2 Å². The topological polar surface area (TPSA) is 55.2 Å². The largest absolute Gasteiger partial charge is 0.342 e. The average molecular weight is 454 g/mol. The Kier molecular flexibility index (Phi) is 5.89. The molecule has 0 spiro atoms. The van der Waals surface area contributed by atoms with Crippen molar-refractivity contribution in [1.82, 2.24) is 14.5 Å². The molecule has 0 saturated carbocycles. The maximum Gasteiger partial charge on any atom is 0.267 e. The molecule has 1 aliphatic carbocycles. The Balaban J connectivity index is 1.62. The second kappa shape index (κ2) is 8.79. The van der Waals surface area contributed by atoms with Gasteiger partial charge >= 0.3 is 0 Å². The first-order chi connectivity index (χ1) is 15.1. The number of hydrogen-bond acceptors (Lipinski definition) is 5. The van der Waals surface area contributed by atoms with Gasteiger partial charge in [0.25, 0.3) is 5.56 Å². The monoisotopic (exact) mass is 453 g/mol. The van der Waals surface area contributed by atoms with E-state index in [2.05, 4.69) is 0 Å². The first-order valence-electron chi connectivity index (χ1n) is 11.2. The summed E-state index contributed by atoms with van der Waals surface area (Å²) in [5, 5.41) is 1.11. The van der Waals surface area contributed by atoms with Crippen LogP contribution in [0.1, 0.15) is 49.5 Å². The lowest BCUT2D eigenvalue weighted by molar-refractivity contribution is -0.129. The molecule has 1 aromatic carbocycles. The summed E-state index contributed by atoms with van der Waals surface area (Å²) < 4.78 is 1.72. The van der Waals surface area contributed by atoms with Crippen LogP contribution < -0.4 is 5.56 Å². The highest BCUT2D eigenvalue weighted by atomic mass is 32.2. The van der Waals surface area contributed by atoms with Crippen LogP contribution in [-0.2, 0) is 17.6 Å². The van der Waals surface area contributed by atoms with Gasteiger partial charge in [0.2, 0.25) is 5.91 Å². The molecule has 2 aromatic heterocycles. The number of thioether (sulfide) groups is 1. The van der Waals surface area contributed by atoms with Gasteiger partial charge in [-0.15, -0.1) is 11.3 Å². The SMILES string of the molecule is CC(Sc1nc2sc3c(c2c(=O)n1-c1ccccc1)CCCCC3)C(=O)N1CCCC1. The molecule has 1 amide bonds. The first kappa shape index (κ1) is 20.8. The number of likely N-dealkylation sites (tertiary alicyclic amines) is 1. The highest BCUT2D eigenvalue weighted by molar-refractivity contribution is 8.00. The molecule has 2 aliphatic rings. The van der Waals surface area contributed by atoms with Crippen LogP contribution in [0.3, 0.4) is 0 Å². The third kappa shape index (κ3) is 3.94. The lowest BCUT2D eigenvalue weighted by Gasteiger charge is -2.21. The van der Waals surface area contributed by atoms with Crippen molar-refractivity contribution in [3.8, 4) is 5.69 Å². The molecule has 3 heterocycles. The average Bonchev–Trinajstić information content (AvgIpc) is 3.37. The molecule has 1 aliphatic heterocycles. The van der Waals surface area contributed by atoms with Crippen LogP contribution in [0.2, 0.25) is 0 Å². The Hall–Kier alpha value is -2.12. The molecular weight excluding hydrogens is 426 g/mol. The van der Waals surface area contributed by atoms with E-state index >= 15 is 0 Å². The predicted molar refractivity (Wildman–Crippen MR) is 128 cm³/mol. The van der Waals surface area contributed by atoms with Gasteiger partial charge < -0.3 is 4.90 Å². The zero-order valence-electron chi connectivity index (χ0n) is 17.8. The van der Waals surface area contributed by atoms with E-state index in [1.165, 1.54) is 35.0 Å². The first-order valence-corrected chi connectivity index (χ1v) is 12.9. The van der Waals surface area contributed by atoms with Gasteiger partial charge in [0.1, 0.15) is 4.83 Å². The van der Waals surface area contributed by atoms with Crippen molar-refractivity contribution in [2.45, 2.75) is 62.3 Å². The number of hydrogen-bond donors (Lipinski definition) is 0. The highest BCUT2D eigenvalue weighted by Gasteiger charge is 2.27. The number of benzene rings is 1. The number of carbonyl (C=O) groups excluding carboxylic acids is 1. The molecule has 1 atom stereocenters. The summed E-state index contributed by atoms with van der Waals surface area (Å²) >= 11 is 3.08. The van der Waals surface area contributed by atoms with Crippen LogP contribution in [0.5, 0.6) is 0 Å². The van der Waals surface area contributed by atoms with Crippen molar-refractivity contribution in [2.24, 2.45) is 0 Å². The molecular formula is C24H27N3O2S2. The van der Waals surface area contributed by atoms with Crippen molar-refractivity contribution in [3.63, 3.8) is 0 Å². The fourth-order valence-electron chi connectivity index (χ4n) is 4.65. The molecule has 1 saturated heterocycles. The number of aryl methyl sites for hydroxylation is 2. The predicted octanol–water partition coefficient (Wildman–Crippen LogP) is 4.82. The number of thiophene rings is 1. The number of carbonyl (C=O) groups is 1. The van der Waals surface area contributed by atoms with Crippen LogP contribution in [0.25, 0.3) is 15.9 Å². The number of amides is 1. The third-order valence-electron chi connectivity index (χ3n) is 6.27. The van der Waals surface area contributed by atoms with Crippen molar-refractivity contribution >= 4 is 39.2 Å². The van der Waals surface area contributed by atoms with E-state index < -0.39 is 0 Å². The summed E-state index contributed by atoms with van der Waals surface area (Å²) in [4.78, 5) is 35.8. The Bertz CT molecular complexity index is 1160. The van der Waals surface area contributed by atoms with Crippen LogP contribution >= 0.6 is 23.1 Å². The van der Waals surface area contributed by atoms with Crippen molar-refractivity contribution < 1.29 is 4.79 Å².